The van der Waals surface area contributed by atoms with Crippen LogP contribution in [0.15, 0.2) is 6.20 Å². The molecule has 2 unspecified atom stereocenters. The highest BCUT2D eigenvalue weighted by Gasteiger charge is 2.29. The Kier molecular flexibility index (Phi) is 2.82. The summed E-state index contributed by atoms with van der Waals surface area (Å²) in [5, 5.41) is 8.05. The van der Waals surface area contributed by atoms with E-state index in [9.17, 15) is 0 Å². The molecule has 78 valence electrons. The summed E-state index contributed by atoms with van der Waals surface area (Å²) in [6, 6.07) is 0. The van der Waals surface area contributed by atoms with Crippen LogP contribution >= 0.6 is 0 Å². The SMILES string of the molecule is CCn1nncc1C1CCCC1CN. The first-order valence-electron chi connectivity index (χ1n) is 5.45. The molecule has 0 saturated heterocycles. The molecule has 14 heavy (non-hydrogen) atoms. The molecule has 0 spiro atoms. The molecule has 0 bridgehead atoms. The van der Waals surface area contributed by atoms with Crippen molar-refractivity contribution in [1.82, 2.24) is 15.0 Å². The van der Waals surface area contributed by atoms with E-state index >= 15 is 0 Å². The van der Waals surface area contributed by atoms with Crippen LogP contribution in [-0.2, 0) is 6.54 Å². The minimum absolute atomic E-state index is 0.593. The van der Waals surface area contributed by atoms with E-state index in [0.717, 1.165) is 13.1 Å². The zero-order chi connectivity index (χ0) is 9.97. The minimum Gasteiger partial charge on any atom is -0.330 e. The van der Waals surface area contributed by atoms with Gasteiger partial charge in [0.25, 0.3) is 0 Å². The Hall–Kier alpha value is -0.900. The van der Waals surface area contributed by atoms with Gasteiger partial charge >= 0.3 is 0 Å². The molecule has 1 heterocycles. The molecule has 1 aromatic rings. The number of hydrogen-bond donors (Lipinski definition) is 1. The third-order valence-electron chi connectivity index (χ3n) is 3.29. The van der Waals surface area contributed by atoms with Gasteiger partial charge in [-0.05, 0) is 32.2 Å². The summed E-state index contributed by atoms with van der Waals surface area (Å²) in [5.74, 6) is 1.23. The van der Waals surface area contributed by atoms with Gasteiger partial charge in [0.2, 0.25) is 0 Å². The van der Waals surface area contributed by atoms with Crippen LogP contribution in [0.25, 0.3) is 0 Å². The Balaban J connectivity index is 2.21. The topological polar surface area (TPSA) is 56.7 Å². The van der Waals surface area contributed by atoms with Gasteiger partial charge in [0.15, 0.2) is 0 Å². The highest BCUT2D eigenvalue weighted by atomic mass is 15.4. The summed E-state index contributed by atoms with van der Waals surface area (Å²) >= 11 is 0. The summed E-state index contributed by atoms with van der Waals surface area (Å²) in [7, 11) is 0. The average molecular weight is 194 g/mol. The number of rotatable bonds is 3. The molecule has 1 saturated carbocycles. The van der Waals surface area contributed by atoms with Gasteiger partial charge in [-0.3, -0.25) is 0 Å². The molecule has 0 aliphatic heterocycles. The molecular weight excluding hydrogens is 176 g/mol. The average Bonchev–Trinajstić information content (AvgIpc) is 2.85. The lowest BCUT2D eigenvalue weighted by Gasteiger charge is -2.17. The zero-order valence-electron chi connectivity index (χ0n) is 8.69. The predicted molar refractivity (Wildman–Crippen MR) is 54.8 cm³/mol. The summed E-state index contributed by atoms with van der Waals surface area (Å²) in [5.41, 5.74) is 7.05. The molecule has 4 heteroatoms. The van der Waals surface area contributed by atoms with Gasteiger partial charge in [-0.1, -0.05) is 11.6 Å². The highest BCUT2D eigenvalue weighted by molar-refractivity contribution is 5.08. The van der Waals surface area contributed by atoms with Crippen LogP contribution in [0.5, 0.6) is 0 Å². The first kappa shape index (κ1) is 9.65. The molecule has 4 nitrogen and oxygen atoms in total. The molecule has 1 aliphatic rings. The molecule has 2 rings (SSSR count). The molecule has 0 aromatic carbocycles. The minimum atomic E-state index is 0.593. The lowest BCUT2D eigenvalue weighted by atomic mass is 9.93. The van der Waals surface area contributed by atoms with Crippen molar-refractivity contribution in [3.05, 3.63) is 11.9 Å². The van der Waals surface area contributed by atoms with E-state index in [-0.39, 0.29) is 0 Å². The van der Waals surface area contributed by atoms with Crippen LogP contribution in [-0.4, -0.2) is 21.5 Å². The molecule has 1 aromatic heterocycles. The van der Waals surface area contributed by atoms with Crippen molar-refractivity contribution < 1.29 is 0 Å². The fraction of sp³-hybridized carbons (Fsp3) is 0.800. The number of aromatic nitrogens is 3. The summed E-state index contributed by atoms with van der Waals surface area (Å²) < 4.78 is 2.00. The quantitative estimate of drug-likeness (QED) is 0.785. The van der Waals surface area contributed by atoms with Gasteiger partial charge in [0, 0.05) is 12.5 Å². The monoisotopic (exact) mass is 194 g/mol. The van der Waals surface area contributed by atoms with Crippen molar-refractivity contribution in [2.75, 3.05) is 6.54 Å². The Morgan fingerprint density at radius 2 is 2.43 bits per heavy atom. The third-order valence-corrected chi connectivity index (χ3v) is 3.29. The smallest absolute Gasteiger partial charge is 0.0728 e. The maximum atomic E-state index is 5.77. The highest BCUT2D eigenvalue weighted by Crippen LogP contribution is 2.38. The number of nitrogens with two attached hydrogens (primary N) is 1. The Bertz CT molecular complexity index is 294. The first-order valence-corrected chi connectivity index (χ1v) is 5.45. The van der Waals surface area contributed by atoms with Gasteiger partial charge in [-0.2, -0.15) is 0 Å². The van der Waals surface area contributed by atoms with Crippen LogP contribution in [0.1, 0.15) is 37.8 Å². The van der Waals surface area contributed by atoms with Gasteiger partial charge in [0.05, 0.1) is 11.9 Å². The normalized spacial score (nSPS) is 27.0. The number of aryl methyl sites for hydroxylation is 1. The number of nitrogens with zero attached hydrogens (tertiary/aromatic N) is 3. The van der Waals surface area contributed by atoms with E-state index in [1.807, 2.05) is 10.9 Å². The van der Waals surface area contributed by atoms with E-state index < -0.39 is 0 Å². The van der Waals surface area contributed by atoms with Crippen molar-refractivity contribution in [3.8, 4) is 0 Å². The fourth-order valence-electron chi connectivity index (χ4n) is 2.51. The van der Waals surface area contributed by atoms with Crippen molar-refractivity contribution in [2.24, 2.45) is 11.7 Å². The maximum Gasteiger partial charge on any atom is 0.0728 e. The maximum absolute atomic E-state index is 5.77. The van der Waals surface area contributed by atoms with Crippen LogP contribution in [0, 0.1) is 5.92 Å². The van der Waals surface area contributed by atoms with Crippen LogP contribution in [0.2, 0.25) is 0 Å². The Morgan fingerprint density at radius 1 is 1.57 bits per heavy atom. The van der Waals surface area contributed by atoms with Gasteiger partial charge in [0.1, 0.15) is 0 Å². The van der Waals surface area contributed by atoms with Gasteiger partial charge < -0.3 is 5.73 Å². The van der Waals surface area contributed by atoms with E-state index in [2.05, 4.69) is 17.2 Å². The molecular formula is C10H18N4. The molecule has 1 fully saturated rings. The standard InChI is InChI=1S/C10H18N4/c1-2-14-10(7-12-13-14)9-5-3-4-8(9)6-11/h7-9H,2-6,11H2,1H3. The van der Waals surface area contributed by atoms with Crippen molar-refractivity contribution in [2.45, 2.75) is 38.6 Å². The van der Waals surface area contributed by atoms with E-state index in [1.54, 1.807) is 0 Å². The van der Waals surface area contributed by atoms with E-state index in [4.69, 9.17) is 5.73 Å². The van der Waals surface area contributed by atoms with Crippen molar-refractivity contribution in [1.29, 1.82) is 0 Å². The van der Waals surface area contributed by atoms with Gasteiger partial charge in [-0.15, -0.1) is 5.10 Å². The summed E-state index contributed by atoms with van der Waals surface area (Å²) in [4.78, 5) is 0. The summed E-state index contributed by atoms with van der Waals surface area (Å²) in [6.07, 6.45) is 5.70. The van der Waals surface area contributed by atoms with Crippen LogP contribution in [0.3, 0.4) is 0 Å². The van der Waals surface area contributed by atoms with Crippen LogP contribution < -0.4 is 5.73 Å². The second kappa shape index (κ2) is 4.09. The van der Waals surface area contributed by atoms with Crippen molar-refractivity contribution in [3.63, 3.8) is 0 Å². The predicted octanol–water partition coefficient (Wildman–Crippen LogP) is 1.14. The molecule has 2 N–H and O–H groups in total. The fourth-order valence-corrected chi connectivity index (χ4v) is 2.51. The lowest BCUT2D eigenvalue weighted by molar-refractivity contribution is 0.457. The second-order valence-corrected chi connectivity index (χ2v) is 4.01. The molecule has 1 aliphatic carbocycles. The largest absolute Gasteiger partial charge is 0.330 e. The molecule has 2 atom stereocenters. The lowest BCUT2D eigenvalue weighted by Crippen LogP contribution is -2.19. The number of hydrogen-bond acceptors (Lipinski definition) is 3. The Labute approximate surface area is 84.5 Å². The second-order valence-electron chi connectivity index (χ2n) is 4.01. The van der Waals surface area contributed by atoms with E-state index in [0.29, 0.717) is 11.8 Å². The van der Waals surface area contributed by atoms with Crippen LogP contribution in [0.4, 0.5) is 0 Å². The third kappa shape index (κ3) is 1.54. The summed E-state index contributed by atoms with van der Waals surface area (Å²) in [6.45, 7) is 3.80. The Morgan fingerprint density at radius 3 is 3.14 bits per heavy atom. The zero-order valence-corrected chi connectivity index (χ0v) is 8.69. The molecule has 0 radical (unpaired) electrons. The van der Waals surface area contributed by atoms with E-state index in [1.165, 1.54) is 25.0 Å². The first-order chi connectivity index (χ1) is 6.86. The van der Waals surface area contributed by atoms with Crippen molar-refractivity contribution >= 4 is 0 Å². The molecule has 0 amide bonds. The van der Waals surface area contributed by atoms with Gasteiger partial charge in [-0.25, -0.2) is 4.68 Å².